The Kier molecular flexibility index (Phi) is 5.15. The lowest BCUT2D eigenvalue weighted by atomic mass is 10.1. The molecular formula is C20H18ClN3O2. The Morgan fingerprint density at radius 3 is 2.69 bits per heavy atom. The van der Waals surface area contributed by atoms with Crippen LogP contribution in [0.2, 0.25) is 5.02 Å². The molecule has 0 aliphatic heterocycles. The molecule has 0 saturated carbocycles. The number of halogens is 1. The average molecular weight is 368 g/mol. The minimum atomic E-state index is 0.416. The van der Waals surface area contributed by atoms with Crippen molar-refractivity contribution in [2.75, 3.05) is 14.2 Å². The van der Waals surface area contributed by atoms with Gasteiger partial charge in [-0.3, -0.25) is 0 Å². The average Bonchev–Trinajstić information content (AvgIpc) is 3.03. The minimum absolute atomic E-state index is 0.416. The lowest BCUT2D eigenvalue weighted by molar-refractivity contribution is 0.355. The van der Waals surface area contributed by atoms with Gasteiger partial charge < -0.3 is 14.0 Å². The number of aryl methyl sites for hydroxylation is 1. The Balaban J connectivity index is 2.16. The molecule has 0 saturated heterocycles. The van der Waals surface area contributed by atoms with Gasteiger partial charge in [-0.15, -0.1) is 0 Å². The van der Waals surface area contributed by atoms with Crippen molar-refractivity contribution < 1.29 is 9.47 Å². The van der Waals surface area contributed by atoms with Crippen molar-refractivity contribution in [3.63, 3.8) is 0 Å². The maximum atomic E-state index is 9.72. The van der Waals surface area contributed by atoms with E-state index in [4.69, 9.17) is 21.1 Å². The van der Waals surface area contributed by atoms with E-state index in [1.54, 1.807) is 25.3 Å². The van der Waals surface area contributed by atoms with Crippen LogP contribution in [-0.4, -0.2) is 23.8 Å². The highest BCUT2D eigenvalue weighted by Crippen LogP contribution is 2.37. The lowest BCUT2D eigenvalue weighted by Gasteiger charge is -2.10. The molecule has 0 bridgehead atoms. The van der Waals surface area contributed by atoms with Crippen LogP contribution in [0.4, 0.5) is 0 Å². The smallest absolute Gasteiger partial charge is 0.179 e. The number of allylic oxidation sites excluding steroid dienone is 1. The van der Waals surface area contributed by atoms with Gasteiger partial charge >= 0.3 is 0 Å². The number of benzene rings is 2. The summed E-state index contributed by atoms with van der Waals surface area (Å²) in [6, 6.07) is 13.6. The first-order chi connectivity index (χ1) is 12.6. The lowest BCUT2D eigenvalue weighted by Crippen LogP contribution is -2.00. The quantitative estimate of drug-likeness (QED) is 0.608. The molecule has 3 aromatic rings. The first-order valence-corrected chi connectivity index (χ1v) is 8.49. The van der Waals surface area contributed by atoms with E-state index in [1.165, 1.54) is 7.11 Å². The number of ether oxygens (including phenoxy) is 2. The van der Waals surface area contributed by atoms with Gasteiger partial charge in [0.1, 0.15) is 6.07 Å². The fourth-order valence-corrected chi connectivity index (χ4v) is 3.23. The number of para-hydroxylation sites is 2. The number of aromatic nitrogens is 2. The number of hydrogen-bond acceptors (Lipinski definition) is 4. The molecule has 0 N–H and O–H groups in total. The van der Waals surface area contributed by atoms with Crippen molar-refractivity contribution in [1.82, 2.24) is 9.55 Å². The summed E-state index contributed by atoms with van der Waals surface area (Å²) in [6.07, 6.45) is 1.75. The number of nitrogens with zero attached hydrogens (tertiary/aromatic N) is 3. The predicted octanol–water partition coefficient (Wildman–Crippen LogP) is 4.79. The van der Waals surface area contributed by atoms with Crippen molar-refractivity contribution in [2.24, 2.45) is 0 Å². The third-order valence-electron chi connectivity index (χ3n) is 4.10. The zero-order valence-corrected chi connectivity index (χ0v) is 15.5. The Labute approximate surface area is 157 Å². The Bertz CT molecular complexity index is 1030. The number of fused-ring (bicyclic) bond motifs is 1. The maximum Gasteiger partial charge on any atom is 0.179 e. The summed E-state index contributed by atoms with van der Waals surface area (Å²) in [5, 5.41) is 10.1. The maximum absolute atomic E-state index is 9.72. The number of nitriles is 1. The molecule has 2 aromatic carbocycles. The van der Waals surface area contributed by atoms with E-state index < -0.39 is 0 Å². The highest BCUT2D eigenvalue weighted by Gasteiger charge is 2.15. The minimum Gasteiger partial charge on any atom is -0.493 e. The summed E-state index contributed by atoms with van der Waals surface area (Å²) in [4.78, 5) is 4.63. The largest absolute Gasteiger partial charge is 0.493 e. The van der Waals surface area contributed by atoms with Gasteiger partial charge in [-0.1, -0.05) is 23.7 Å². The van der Waals surface area contributed by atoms with E-state index in [1.807, 2.05) is 35.8 Å². The summed E-state index contributed by atoms with van der Waals surface area (Å²) < 4.78 is 12.6. The van der Waals surface area contributed by atoms with E-state index in [9.17, 15) is 5.26 Å². The van der Waals surface area contributed by atoms with E-state index in [0.29, 0.717) is 34.5 Å². The van der Waals surface area contributed by atoms with E-state index in [-0.39, 0.29) is 0 Å². The van der Waals surface area contributed by atoms with Gasteiger partial charge in [0.15, 0.2) is 17.3 Å². The SMILES string of the molecule is CCn1c(/C(C#N)=C\c2cc(Cl)c(OC)c(OC)c2)nc2ccccc21. The molecule has 0 fully saturated rings. The number of rotatable bonds is 5. The van der Waals surface area contributed by atoms with Crippen molar-refractivity contribution in [2.45, 2.75) is 13.5 Å². The molecule has 1 aromatic heterocycles. The van der Waals surface area contributed by atoms with Crippen molar-refractivity contribution in [3.05, 3.63) is 52.8 Å². The van der Waals surface area contributed by atoms with Crippen LogP contribution in [-0.2, 0) is 6.54 Å². The summed E-state index contributed by atoms with van der Waals surface area (Å²) in [6.45, 7) is 2.74. The molecule has 0 spiro atoms. The molecule has 0 atom stereocenters. The molecule has 6 heteroatoms. The van der Waals surface area contributed by atoms with Crippen LogP contribution in [0.1, 0.15) is 18.3 Å². The van der Waals surface area contributed by atoms with Crippen molar-refractivity contribution in [1.29, 1.82) is 5.26 Å². The van der Waals surface area contributed by atoms with Crippen LogP contribution in [0.3, 0.4) is 0 Å². The third kappa shape index (κ3) is 3.12. The van der Waals surface area contributed by atoms with Crippen LogP contribution in [0.25, 0.3) is 22.7 Å². The molecule has 0 radical (unpaired) electrons. The van der Waals surface area contributed by atoms with Gasteiger partial charge in [0.05, 0.1) is 35.8 Å². The molecule has 0 aliphatic rings. The number of methoxy groups -OCH3 is 2. The summed E-state index contributed by atoms with van der Waals surface area (Å²) in [5.41, 5.74) is 3.04. The number of imidazole rings is 1. The van der Waals surface area contributed by atoms with Crippen molar-refractivity contribution >= 4 is 34.3 Å². The Hall–Kier alpha value is -2.97. The second kappa shape index (κ2) is 7.51. The van der Waals surface area contributed by atoms with Gasteiger partial charge in [0.2, 0.25) is 0 Å². The van der Waals surface area contributed by atoms with Crippen LogP contribution in [0.15, 0.2) is 36.4 Å². The normalized spacial score (nSPS) is 11.4. The molecular weight excluding hydrogens is 350 g/mol. The Morgan fingerprint density at radius 1 is 1.27 bits per heavy atom. The van der Waals surface area contributed by atoms with Crippen LogP contribution >= 0.6 is 11.6 Å². The van der Waals surface area contributed by atoms with E-state index in [0.717, 1.165) is 16.6 Å². The topological polar surface area (TPSA) is 60.1 Å². The summed E-state index contributed by atoms with van der Waals surface area (Å²) in [7, 11) is 3.08. The molecule has 0 aliphatic carbocycles. The summed E-state index contributed by atoms with van der Waals surface area (Å²) >= 11 is 6.27. The standard InChI is InChI=1S/C20H18ClN3O2/c1-4-24-17-8-6-5-7-16(17)23-20(24)14(12-22)9-13-10-15(21)19(26-3)18(11-13)25-2/h5-11H,4H2,1-3H3/b14-9-. The first kappa shape index (κ1) is 17.8. The fraction of sp³-hybridized carbons (Fsp3) is 0.200. The van der Waals surface area contributed by atoms with Gasteiger partial charge in [0.25, 0.3) is 0 Å². The fourth-order valence-electron chi connectivity index (χ4n) is 2.94. The van der Waals surface area contributed by atoms with E-state index in [2.05, 4.69) is 11.1 Å². The van der Waals surface area contributed by atoms with Gasteiger partial charge in [0, 0.05) is 6.54 Å². The molecule has 26 heavy (non-hydrogen) atoms. The van der Waals surface area contributed by atoms with Gasteiger partial charge in [-0.2, -0.15) is 5.26 Å². The molecule has 1 heterocycles. The second-order valence-electron chi connectivity index (χ2n) is 5.58. The first-order valence-electron chi connectivity index (χ1n) is 8.11. The molecule has 132 valence electrons. The molecule has 3 rings (SSSR count). The van der Waals surface area contributed by atoms with Crippen LogP contribution < -0.4 is 9.47 Å². The monoisotopic (exact) mass is 367 g/mol. The number of hydrogen-bond donors (Lipinski definition) is 0. The summed E-state index contributed by atoms with van der Waals surface area (Å²) in [5.74, 6) is 1.60. The molecule has 5 nitrogen and oxygen atoms in total. The third-order valence-corrected chi connectivity index (χ3v) is 4.38. The van der Waals surface area contributed by atoms with Crippen LogP contribution in [0, 0.1) is 11.3 Å². The zero-order chi connectivity index (χ0) is 18.7. The molecule has 0 amide bonds. The highest BCUT2D eigenvalue weighted by atomic mass is 35.5. The zero-order valence-electron chi connectivity index (χ0n) is 14.8. The van der Waals surface area contributed by atoms with Gasteiger partial charge in [-0.05, 0) is 42.8 Å². The predicted molar refractivity (Wildman–Crippen MR) is 103 cm³/mol. The highest BCUT2D eigenvalue weighted by molar-refractivity contribution is 6.32. The molecule has 0 unspecified atom stereocenters. The van der Waals surface area contributed by atoms with Gasteiger partial charge in [-0.25, -0.2) is 4.98 Å². The van der Waals surface area contributed by atoms with Crippen LogP contribution in [0.5, 0.6) is 11.5 Å². The second-order valence-corrected chi connectivity index (χ2v) is 5.98. The van der Waals surface area contributed by atoms with E-state index >= 15 is 0 Å². The van der Waals surface area contributed by atoms with Crippen molar-refractivity contribution in [3.8, 4) is 17.6 Å². The Morgan fingerprint density at radius 2 is 2.04 bits per heavy atom.